The largest absolute Gasteiger partial charge is 0.361 e. The highest BCUT2D eigenvalue weighted by molar-refractivity contribution is 6.69. The second-order valence-electron chi connectivity index (χ2n) is 3.34. The summed E-state index contributed by atoms with van der Waals surface area (Å²) in [6, 6.07) is 7.87. The lowest BCUT2D eigenvalue weighted by Gasteiger charge is -2.02. The average Bonchev–Trinajstić information content (AvgIpc) is 2.62. The quantitative estimate of drug-likeness (QED) is 0.651. The number of hydrogen-bond donors (Lipinski definition) is 1. The minimum Gasteiger partial charge on any atom is -0.361 e. The van der Waals surface area contributed by atoms with Gasteiger partial charge in [0.05, 0.1) is 0 Å². The molecule has 0 unspecified atom stereocenters. The Hall–Kier alpha value is -0.990. The molecule has 1 aromatic carbocycles. The lowest BCUT2D eigenvalue weighted by molar-refractivity contribution is -0.111. The standard InChI is InChI=1S/C11H9Cl2NO/c12-9(11(13)15)5-7-6-14-10-4-2-1-3-8(7)10/h1-4,6,9,14H,5H2/t9-/m0/s1. The summed E-state index contributed by atoms with van der Waals surface area (Å²) in [6.07, 6.45) is 2.31. The Balaban J connectivity index is 2.32. The van der Waals surface area contributed by atoms with E-state index in [1.165, 1.54) is 0 Å². The number of aromatic amines is 1. The molecule has 15 heavy (non-hydrogen) atoms. The van der Waals surface area contributed by atoms with E-state index < -0.39 is 10.6 Å². The molecule has 0 saturated heterocycles. The lowest BCUT2D eigenvalue weighted by atomic mass is 10.1. The van der Waals surface area contributed by atoms with Crippen LogP contribution in [0.1, 0.15) is 5.56 Å². The van der Waals surface area contributed by atoms with E-state index in [9.17, 15) is 4.79 Å². The van der Waals surface area contributed by atoms with Crippen LogP contribution in [0, 0.1) is 0 Å². The van der Waals surface area contributed by atoms with E-state index in [-0.39, 0.29) is 0 Å². The number of aromatic nitrogens is 1. The fourth-order valence-corrected chi connectivity index (χ4v) is 1.82. The Labute approximate surface area is 97.2 Å². The van der Waals surface area contributed by atoms with Gasteiger partial charge >= 0.3 is 0 Å². The Bertz CT molecular complexity index is 492. The molecule has 0 radical (unpaired) electrons. The summed E-state index contributed by atoms with van der Waals surface area (Å²) in [6.45, 7) is 0. The maximum atomic E-state index is 10.8. The van der Waals surface area contributed by atoms with Gasteiger partial charge in [0.25, 0.3) is 0 Å². The maximum Gasteiger partial charge on any atom is 0.239 e. The van der Waals surface area contributed by atoms with E-state index in [1.54, 1.807) is 0 Å². The van der Waals surface area contributed by atoms with Crippen molar-refractivity contribution in [1.82, 2.24) is 4.98 Å². The molecule has 2 nitrogen and oxygen atoms in total. The van der Waals surface area contributed by atoms with E-state index >= 15 is 0 Å². The highest BCUT2D eigenvalue weighted by atomic mass is 35.5. The number of rotatable bonds is 3. The van der Waals surface area contributed by atoms with Crippen LogP contribution in [0.15, 0.2) is 30.5 Å². The topological polar surface area (TPSA) is 32.9 Å². The molecule has 0 fully saturated rings. The van der Waals surface area contributed by atoms with Crippen LogP contribution in [0.5, 0.6) is 0 Å². The average molecular weight is 242 g/mol. The van der Waals surface area contributed by atoms with Crippen LogP contribution >= 0.6 is 23.2 Å². The molecular formula is C11H9Cl2NO. The van der Waals surface area contributed by atoms with Gasteiger partial charge in [-0.2, -0.15) is 0 Å². The smallest absolute Gasteiger partial charge is 0.239 e. The van der Waals surface area contributed by atoms with Gasteiger partial charge in [-0.25, -0.2) is 0 Å². The summed E-state index contributed by atoms with van der Waals surface area (Å²) in [7, 11) is 0. The predicted molar refractivity (Wildman–Crippen MR) is 62.5 cm³/mol. The van der Waals surface area contributed by atoms with Gasteiger partial charge in [0.2, 0.25) is 5.24 Å². The summed E-state index contributed by atoms with van der Waals surface area (Å²) in [5, 5.41) is -0.0890. The van der Waals surface area contributed by atoms with Crippen molar-refractivity contribution in [1.29, 1.82) is 0 Å². The Morgan fingerprint density at radius 1 is 1.40 bits per heavy atom. The van der Waals surface area contributed by atoms with Crippen LogP contribution in [-0.4, -0.2) is 15.6 Å². The number of H-pyrrole nitrogens is 1. The SMILES string of the molecule is O=C(Cl)[C@@H](Cl)Cc1c[nH]c2ccccc12. The third-order valence-electron chi connectivity index (χ3n) is 2.32. The minimum absolute atomic E-state index is 0.452. The molecule has 0 spiro atoms. The van der Waals surface area contributed by atoms with E-state index in [2.05, 4.69) is 4.98 Å². The molecule has 0 bridgehead atoms. The number of benzene rings is 1. The van der Waals surface area contributed by atoms with Crippen molar-refractivity contribution >= 4 is 39.3 Å². The van der Waals surface area contributed by atoms with Crippen molar-refractivity contribution < 1.29 is 4.79 Å². The third kappa shape index (κ3) is 2.16. The van der Waals surface area contributed by atoms with Gasteiger partial charge in [0.1, 0.15) is 5.38 Å². The number of alkyl halides is 1. The van der Waals surface area contributed by atoms with Gasteiger partial charge in [-0.15, -0.1) is 11.6 Å². The van der Waals surface area contributed by atoms with Crippen LogP contribution in [-0.2, 0) is 11.2 Å². The number of carbonyl (C=O) groups excluding carboxylic acids is 1. The van der Waals surface area contributed by atoms with Crippen molar-refractivity contribution in [3.63, 3.8) is 0 Å². The van der Waals surface area contributed by atoms with Crippen LogP contribution in [0.3, 0.4) is 0 Å². The van der Waals surface area contributed by atoms with E-state index in [4.69, 9.17) is 23.2 Å². The van der Waals surface area contributed by atoms with Crippen molar-refractivity contribution in [2.75, 3.05) is 0 Å². The molecule has 0 amide bonds. The van der Waals surface area contributed by atoms with Gasteiger partial charge in [-0.1, -0.05) is 18.2 Å². The molecule has 0 aliphatic heterocycles. The normalized spacial score (nSPS) is 12.9. The number of halogens is 2. The van der Waals surface area contributed by atoms with Crippen molar-refractivity contribution in [3.8, 4) is 0 Å². The molecule has 1 atom stereocenters. The zero-order valence-corrected chi connectivity index (χ0v) is 9.35. The van der Waals surface area contributed by atoms with Gasteiger partial charge in [-0.3, -0.25) is 4.79 Å². The molecule has 0 aliphatic rings. The zero-order valence-electron chi connectivity index (χ0n) is 7.84. The van der Waals surface area contributed by atoms with Crippen LogP contribution in [0.2, 0.25) is 0 Å². The number of fused-ring (bicyclic) bond motifs is 1. The number of carbonyl (C=O) groups is 1. The maximum absolute atomic E-state index is 10.8. The molecule has 1 aromatic heterocycles. The first-order chi connectivity index (χ1) is 7.18. The fraction of sp³-hybridized carbons (Fsp3) is 0.182. The van der Waals surface area contributed by atoms with Gasteiger partial charge < -0.3 is 4.98 Å². The number of para-hydroxylation sites is 1. The number of nitrogens with one attached hydrogen (secondary N) is 1. The van der Waals surface area contributed by atoms with Crippen molar-refractivity contribution in [2.24, 2.45) is 0 Å². The Morgan fingerprint density at radius 2 is 2.13 bits per heavy atom. The summed E-state index contributed by atoms with van der Waals surface area (Å²) in [5.41, 5.74) is 2.05. The van der Waals surface area contributed by atoms with Crippen LogP contribution < -0.4 is 0 Å². The van der Waals surface area contributed by atoms with Crippen LogP contribution in [0.4, 0.5) is 0 Å². The first-order valence-corrected chi connectivity index (χ1v) is 5.38. The van der Waals surface area contributed by atoms with E-state index in [0.717, 1.165) is 16.5 Å². The molecule has 2 rings (SSSR count). The molecule has 78 valence electrons. The summed E-state index contributed by atoms with van der Waals surface area (Å²) in [5.74, 6) is 0. The Morgan fingerprint density at radius 3 is 2.87 bits per heavy atom. The Kier molecular flexibility index (Phi) is 2.98. The lowest BCUT2D eigenvalue weighted by Crippen LogP contribution is -2.10. The summed E-state index contributed by atoms with van der Waals surface area (Å²) < 4.78 is 0. The van der Waals surface area contributed by atoms with Gasteiger partial charge in [0, 0.05) is 17.1 Å². The van der Waals surface area contributed by atoms with Gasteiger partial charge in [-0.05, 0) is 29.7 Å². The molecule has 1 heterocycles. The van der Waals surface area contributed by atoms with Crippen molar-refractivity contribution in [3.05, 3.63) is 36.0 Å². The zero-order chi connectivity index (χ0) is 10.8. The molecular weight excluding hydrogens is 233 g/mol. The molecule has 0 aliphatic carbocycles. The first kappa shape index (κ1) is 10.5. The molecule has 4 heteroatoms. The molecule has 2 aromatic rings. The number of hydrogen-bond acceptors (Lipinski definition) is 1. The second-order valence-corrected chi connectivity index (χ2v) is 4.23. The van der Waals surface area contributed by atoms with Gasteiger partial charge in [0.15, 0.2) is 0 Å². The highest BCUT2D eigenvalue weighted by Gasteiger charge is 2.15. The second kappa shape index (κ2) is 4.25. The summed E-state index contributed by atoms with van der Waals surface area (Å²) in [4.78, 5) is 13.9. The van der Waals surface area contributed by atoms with E-state index in [0.29, 0.717) is 6.42 Å². The first-order valence-electron chi connectivity index (χ1n) is 4.57. The highest BCUT2D eigenvalue weighted by Crippen LogP contribution is 2.21. The van der Waals surface area contributed by atoms with E-state index in [1.807, 2.05) is 30.5 Å². The summed E-state index contributed by atoms with van der Waals surface area (Å²) >= 11 is 11.1. The molecule has 0 saturated carbocycles. The van der Waals surface area contributed by atoms with Crippen molar-refractivity contribution in [2.45, 2.75) is 11.8 Å². The fourth-order valence-electron chi connectivity index (χ4n) is 1.57. The molecule has 1 N–H and O–H groups in total. The predicted octanol–water partition coefficient (Wildman–Crippen LogP) is 3.08. The third-order valence-corrected chi connectivity index (χ3v) is 3.05. The van der Waals surface area contributed by atoms with Crippen LogP contribution in [0.25, 0.3) is 10.9 Å². The minimum atomic E-state index is -0.661. The monoisotopic (exact) mass is 241 g/mol.